The largest absolute Gasteiger partial charge is 0.387 e. The van der Waals surface area contributed by atoms with Crippen LogP contribution in [0, 0.1) is 0 Å². The molecule has 0 radical (unpaired) electrons. The van der Waals surface area contributed by atoms with E-state index in [-0.39, 0.29) is 18.1 Å². The minimum atomic E-state index is -3.74. The molecule has 9 nitrogen and oxygen atoms in total. The van der Waals surface area contributed by atoms with Crippen LogP contribution in [0.25, 0.3) is 0 Å². The van der Waals surface area contributed by atoms with Gasteiger partial charge >= 0.3 is 0 Å². The van der Waals surface area contributed by atoms with Crippen LogP contribution < -0.4 is 9.62 Å². The molecule has 2 aromatic heterocycles. The maximum atomic E-state index is 12.2. The molecule has 0 unspecified atom stereocenters. The first kappa shape index (κ1) is 15.8. The van der Waals surface area contributed by atoms with Gasteiger partial charge in [0, 0.05) is 38.7 Å². The third-order valence-electron chi connectivity index (χ3n) is 3.72. The second-order valence-electron chi connectivity index (χ2n) is 5.65. The van der Waals surface area contributed by atoms with E-state index in [0.717, 1.165) is 0 Å². The number of hydrogen-bond acceptors (Lipinski definition) is 7. The Hall–Kier alpha value is -2.04. The predicted molar refractivity (Wildman–Crippen MR) is 82.2 cm³/mol. The van der Waals surface area contributed by atoms with Crippen LogP contribution in [0.1, 0.15) is 6.42 Å². The Balaban J connectivity index is 1.64. The minimum absolute atomic E-state index is 0.0650. The number of anilines is 1. The molecule has 0 bridgehead atoms. The van der Waals surface area contributed by atoms with Crippen LogP contribution in [0.3, 0.4) is 0 Å². The lowest BCUT2D eigenvalue weighted by Crippen LogP contribution is -2.45. The van der Waals surface area contributed by atoms with E-state index in [4.69, 9.17) is 0 Å². The van der Waals surface area contributed by atoms with E-state index in [0.29, 0.717) is 18.9 Å². The number of nitrogens with one attached hydrogen (secondary N) is 1. The van der Waals surface area contributed by atoms with Gasteiger partial charge in [0.2, 0.25) is 5.95 Å². The molecule has 124 valence electrons. The summed E-state index contributed by atoms with van der Waals surface area (Å²) in [6.45, 7) is 0.739. The van der Waals surface area contributed by atoms with E-state index in [1.54, 1.807) is 30.1 Å². The summed E-state index contributed by atoms with van der Waals surface area (Å²) in [5.41, 5.74) is -1.17. The number of imidazole rings is 1. The van der Waals surface area contributed by atoms with Gasteiger partial charge in [0.1, 0.15) is 0 Å². The highest BCUT2D eigenvalue weighted by Crippen LogP contribution is 2.24. The molecular weight excluding hydrogens is 320 g/mol. The first-order valence-electron chi connectivity index (χ1n) is 7.10. The van der Waals surface area contributed by atoms with E-state index in [1.165, 1.54) is 12.5 Å². The molecule has 1 fully saturated rings. The van der Waals surface area contributed by atoms with Crippen LogP contribution in [-0.4, -0.2) is 58.3 Å². The summed E-state index contributed by atoms with van der Waals surface area (Å²) in [5, 5.41) is 10.5. The maximum absolute atomic E-state index is 12.2. The molecule has 0 saturated carbocycles. The SMILES string of the molecule is Cn1cnc(S(=O)(=O)NC[C@]2(O)CCN(c3ncccn3)C2)c1. The Morgan fingerprint density at radius 1 is 1.35 bits per heavy atom. The van der Waals surface area contributed by atoms with E-state index < -0.39 is 15.6 Å². The van der Waals surface area contributed by atoms with Gasteiger partial charge in [0.25, 0.3) is 10.0 Å². The fourth-order valence-electron chi connectivity index (χ4n) is 2.46. The number of sulfonamides is 1. The molecule has 1 aliphatic heterocycles. The Labute approximate surface area is 134 Å². The summed E-state index contributed by atoms with van der Waals surface area (Å²) in [4.78, 5) is 13.9. The van der Waals surface area contributed by atoms with E-state index in [2.05, 4.69) is 19.7 Å². The van der Waals surface area contributed by atoms with Crippen molar-refractivity contribution < 1.29 is 13.5 Å². The summed E-state index contributed by atoms with van der Waals surface area (Å²) in [7, 11) is -2.05. The predicted octanol–water partition coefficient (Wildman–Crippen LogP) is -0.870. The van der Waals surface area contributed by atoms with Crippen LogP contribution in [0.2, 0.25) is 0 Å². The minimum Gasteiger partial charge on any atom is -0.387 e. The average Bonchev–Trinajstić information content (AvgIpc) is 3.14. The van der Waals surface area contributed by atoms with Gasteiger partial charge in [0.05, 0.1) is 18.5 Å². The Morgan fingerprint density at radius 2 is 2.09 bits per heavy atom. The highest BCUT2D eigenvalue weighted by Gasteiger charge is 2.38. The average molecular weight is 338 g/mol. The van der Waals surface area contributed by atoms with Gasteiger partial charge in [-0.15, -0.1) is 0 Å². The molecular formula is C13H18N6O3S. The number of nitrogens with zero attached hydrogens (tertiary/aromatic N) is 5. The Morgan fingerprint density at radius 3 is 2.74 bits per heavy atom. The summed E-state index contributed by atoms with van der Waals surface area (Å²) in [6, 6.07) is 1.72. The van der Waals surface area contributed by atoms with E-state index in [9.17, 15) is 13.5 Å². The van der Waals surface area contributed by atoms with Crippen LogP contribution >= 0.6 is 0 Å². The summed E-state index contributed by atoms with van der Waals surface area (Å²) >= 11 is 0. The fourth-order valence-corrected chi connectivity index (χ4v) is 3.55. The smallest absolute Gasteiger partial charge is 0.259 e. The van der Waals surface area contributed by atoms with Crippen molar-refractivity contribution in [2.24, 2.45) is 7.05 Å². The first-order valence-corrected chi connectivity index (χ1v) is 8.58. The van der Waals surface area contributed by atoms with Crippen LogP contribution in [0.5, 0.6) is 0 Å². The molecule has 1 saturated heterocycles. The van der Waals surface area contributed by atoms with Gasteiger partial charge < -0.3 is 14.6 Å². The molecule has 10 heteroatoms. The van der Waals surface area contributed by atoms with Crippen LogP contribution in [-0.2, 0) is 17.1 Å². The van der Waals surface area contributed by atoms with Crippen molar-refractivity contribution in [3.05, 3.63) is 31.0 Å². The third-order valence-corrected chi connectivity index (χ3v) is 5.00. The molecule has 1 atom stereocenters. The first-order chi connectivity index (χ1) is 10.9. The number of rotatable bonds is 5. The highest BCUT2D eigenvalue weighted by molar-refractivity contribution is 7.89. The fraction of sp³-hybridized carbons (Fsp3) is 0.462. The summed E-state index contributed by atoms with van der Waals surface area (Å²) in [5.74, 6) is 0.524. The second kappa shape index (κ2) is 5.87. The molecule has 0 spiro atoms. The van der Waals surface area contributed by atoms with E-state index >= 15 is 0 Å². The summed E-state index contributed by atoms with van der Waals surface area (Å²) < 4.78 is 28.3. The van der Waals surface area contributed by atoms with Crippen LogP contribution in [0.4, 0.5) is 5.95 Å². The molecule has 3 heterocycles. The molecule has 0 aromatic carbocycles. The zero-order valence-corrected chi connectivity index (χ0v) is 13.4. The lowest BCUT2D eigenvalue weighted by atomic mass is 10.0. The molecule has 23 heavy (non-hydrogen) atoms. The van der Waals surface area contributed by atoms with Gasteiger partial charge in [-0.25, -0.2) is 28.1 Å². The Bertz CT molecular complexity index is 778. The highest BCUT2D eigenvalue weighted by atomic mass is 32.2. The molecule has 2 N–H and O–H groups in total. The van der Waals surface area contributed by atoms with Crippen molar-refractivity contribution in [1.29, 1.82) is 0 Å². The number of β-amino-alcohol motifs (C(OH)–C–C–N with tert-alkyl or cyclic N) is 1. The van der Waals surface area contributed by atoms with Crippen molar-refractivity contribution in [3.8, 4) is 0 Å². The molecule has 2 aromatic rings. The quantitative estimate of drug-likeness (QED) is 0.728. The van der Waals surface area contributed by atoms with Crippen molar-refractivity contribution in [2.75, 3.05) is 24.5 Å². The second-order valence-corrected chi connectivity index (χ2v) is 7.36. The van der Waals surface area contributed by atoms with Gasteiger partial charge in [-0.3, -0.25) is 0 Å². The van der Waals surface area contributed by atoms with Crippen molar-refractivity contribution in [2.45, 2.75) is 17.0 Å². The maximum Gasteiger partial charge on any atom is 0.259 e. The lowest BCUT2D eigenvalue weighted by Gasteiger charge is -2.23. The Kier molecular flexibility index (Phi) is 4.04. The number of aryl methyl sites for hydroxylation is 1. The molecule has 0 amide bonds. The van der Waals surface area contributed by atoms with E-state index in [1.807, 2.05) is 4.90 Å². The van der Waals surface area contributed by atoms with Gasteiger partial charge in [-0.2, -0.15) is 0 Å². The van der Waals surface area contributed by atoms with Crippen molar-refractivity contribution in [1.82, 2.24) is 24.2 Å². The lowest BCUT2D eigenvalue weighted by molar-refractivity contribution is 0.0685. The number of aromatic nitrogens is 4. The molecule has 1 aliphatic rings. The van der Waals surface area contributed by atoms with Gasteiger partial charge in [-0.1, -0.05) is 0 Å². The van der Waals surface area contributed by atoms with Crippen molar-refractivity contribution in [3.63, 3.8) is 0 Å². The third kappa shape index (κ3) is 3.49. The normalized spacial score (nSPS) is 21.7. The number of hydrogen-bond donors (Lipinski definition) is 2. The zero-order chi connectivity index (χ0) is 16.5. The molecule has 3 rings (SSSR count). The summed E-state index contributed by atoms with van der Waals surface area (Å²) in [6.07, 6.45) is 6.50. The molecule has 0 aliphatic carbocycles. The number of aliphatic hydroxyl groups is 1. The topological polar surface area (TPSA) is 113 Å². The zero-order valence-electron chi connectivity index (χ0n) is 12.6. The van der Waals surface area contributed by atoms with Gasteiger partial charge in [-0.05, 0) is 12.5 Å². The monoisotopic (exact) mass is 338 g/mol. The van der Waals surface area contributed by atoms with Crippen molar-refractivity contribution >= 4 is 16.0 Å². The van der Waals surface area contributed by atoms with Gasteiger partial charge in [0.15, 0.2) is 5.03 Å². The standard InChI is InChI=1S/C13H18N6O3S/c1-18-7-11(16-10-18)23(21,22)17-8-13(20)3-6-19(9-13)12-14-4-2-5-15-12/h2,4-5,7,10,17,20H,3,6,8-9H2,1H3/t13-/m1/s1. The van der Waals surface area contributed by atoms with Crippen LogP contribution in [0.15, 0.2) is 36.0 Å².